The van der Waals surface area contributed by atoms with E-state index < -0.39 is 18.2 Å². The number of carbonyl (C=O) groups excluding carboxylic acids is 2. The summed E-state index contributed by atoms with van der Waals surface area (Å²) in [5.74, 6) is -0.526. The van der Waals surface area contributed by atoms with Gasteiger partial charge in [0.1, 0.15) is 6.10 Å². The van der Waals surface area contributed by atoms with Crippen molar-refractivity contribution >= 4 is 11.9 Å². The van der Waals surface area contributed by atoms with Crippen molar-refractivity contribution in [2.24, 2.45) is 0 Å². The van der Waals surface area contributed by atoms with Crippen LogP contribution in [-0.4, -0.2) is 46.9 Å². The molecule has 0 rings (SSSR count). The van der Waals surface area contributed by atoms with Crippen molar-refractivity contribution < 1.29 is 24.5 Å². The molecule has 0 radical (unpaired) electrons. The molecule has 1 amide bonds. The molecule has 0 bridgehead atoms. The van der Waals surface area contributed by atoms with Gasteiger partial charge in [0.05, 0.1) is 25.2 Å². The number of carbonyl (C=O) groups is 2. The zero-order valence-corrected chi connectivity index (χ0v) is 41.0. The van der Waals surface area contributed by atoms with Crippen LogP contribution in [0.4, 0.5) is 0 Å². The van der Waals surface area contributed by atoms with E-state index in [4.69, 9.17) is 4.74 Å². The molecule has 0 aromatic carbocycles. The summed E-state index contributed by atoms with van der Waals surface area (Å²) < 4.78 is 5.90. The van der Waals surface area contributed by atoms with Crippen molar-refractivity contribution in [3.8, 4) is 0 Å². The summed E-state index contributed by atoms with van der Waals surface area (Å²) in [6.07, 6.45) is 61.4. The number of allylic oxidation sites excluding steroid dienone is 10. The predicted octanol–water partition coefficient (Wildman–Crippen LogP) is 16.0. The third kappa shape index (κ3) is 44.2. The van der Waals surface area contributed by atoms with E-state index in [1.165, 1.54) is 116 Å². The van der Waals surface area contributed by atoms with Crippen molar-refractivity contribution in [1.82, 2.24) is 5.32 Å². The van der Waals surface area contributed by atoms with E-state index in [1.807, 2.05) is 0 Å². The summed E-state index contributed by atoms with van der Waals surface area (Å²) >= 11 is 0. The Labute approximate surface area is 384 Å². The Morgan fingerprint density at radius 2 is 0.839 bits per heavy atom. The van der Waals surface area contributed by atoms with Gasteiger partial charge in [-0.3, -0.25) is 9.59 Å². The van der Waals surface area contributed by atoms with Crippen LogP contribution in [0, 0.1) is 0 Å². The summed E-state index contributed by atoms with van der Waals surface area (Å²) in [6, 6.07) is -0.713. The van der Waals surface area contributed by atoms with Crippen LogP contribution < -0.4 is 5.32 Å². The molecule has 3 atom stereocenters. The molecule has 3 N–H and O–H groups in total. The molecule has 0 aromatic heterocycles. The normalized spacial score (nSPS) is 13.7. The van der Waals surface area contributed by atoms with Crippen LogP contribution in [0.2, 0.25) is 0 Å². The second-order valence-corrected chi connectivity index (χ2v) is 17.9. The molecule has 62 heavy (non-hydrogen) atoms. The Balaban J connectivity index is 4.50. The Morgan fingerprint density at radius 1 is 0.468 bits per heavy atom. The van der Waals surface area contributed by atoms with Gasteiger partial charge >= 0.3 is 5.97 Å². The number of amides is 1. The van der Waals surface area contributed by atoms with Crippen LogP contribution in [0.3, 0.4) is 0 Å². The van der Waals surface area contributed by atoms with Crippen LogP contribution in [0.1, 0.15) is 258 Å². The topological polar surface area (TPSA) is 95.9 Å². The average Bonchev–Trinajstić information content (AvgIpc) is 3.26. The number of rotatable bonds is 47. The Morgan fingerprint density at radius 3 is 1.34 bits per heavy atom. The fraction of sp³-hybridized carbons (Fsp3) is 0.786. The molecule has 0 heterocycles. The number of unbranched alkanes of at least 4 members (excludes halogenated alkanes) is 25. The van der Waals surface area contributed by atoms with Gasteiger partial charge in [-0.25, -0.2) is 0 Å². The molecule has 0 fully saturated rings. The molecule has 0 aliphatic carbocycles. The van der Waals surface area contributed by atoms with Crippen molar-refractivity contribution in [3.05, 3.63) is 60.8 Å². The second-order valence-electron chi connectivity index (χ2n) is 17.9. The summed E-state index contributed by atoms with van der Waals surface area (Å²) in [6.45, 7) is 6.41. The van der Waals surface area contributed by atoms with E-state index in [0.717, 1.165) is 96.3 Å². The third-order valence-corrected chi connectivity index (χ3v) is 11.8. The SMILES string of the molecule is CCCC/C=C\CCCCCC(CC(=O)NC(CO)C(O)CCCCCCCCCCCCCCCCC)OC(=O)CCCCC/C=C\C/C=C\C/C=C\C/C=C\CCCCC. The van der Waals surface area contributed by atoms with Crippen molar-refractivity contribution in [1.29, 1.82) is 0 Å². The maximum atomic E-state index is 13.2. The first-order valence-electron chi connectivity index (χ1n) is 26.5. The minimum atomic E-state index is -0.798. The third-order valence-electron chi connectivity index (χ3n) is 11.8. The quantitative estimate of drug-likeness (QED) is 0.0322. The van der Waals surface area contributed by atoms with Crippen molar-refractivity contribution in [2.45, 2.75) is 277 Å². The minimum absolute atomic E-state index is 0.0525. The first-order valence-corrected chi connectivity index (χ1v) is 26.5. The van der Waals surface area contributed by atoms with E-state index in [0.29, 0.717) is 19.3 Å². The molecule has 0 saturated carbocycles. The van der Waals surface area contributed by atoms with Gasteiger partial charge in [0.2, 0.25) is 5.91 Å². The zero-order chi connectivity index (χ0) is 45.2. The summed E-state index contributed by atoms with van der Waals surface area (Å²) in [4.78, 5) is 26.1. The molecule has 360 valence electrons. The summed E-state index contributed by atoms with van der Waals surface area (Å²) in [5.41, 5.74) is 0. The highest BCUT2D eigenvalue weighted by Gasteiger charge is 2.24. The maximum Gasteiger partial charge on any atom is 0.306 e. The minimum Gasteiger partial charge on any atom is -0.462 e. The van der Waals surface area contributed by atoms with Gasteiger partial charge in [-0.05, 0) is 89.9 Å². The molecule has 0 aliphatic heterocycles. The molecule has 0 aromatic rings. The molecule has 3 unspecified atom stereocenters. The maximum absolute atomic E-state index is 13.2. The molecule has 0 saturated heterocycles. The number of esters is 1. The van der Waals surface area contributed by atoms with E-state index >= 15 is 0 Å². The molecule has 6 heteroatoms. The highest BCUT2D eigenvalue weighted by molar-refractivity contribution is 5.77. The summed E-state index contributed by atoms with van der Waals surface area (Å²) in [5, 5.41) is 23.8. The van der Waals surface area contributed by atoms with Gasteiger partial charge in [-0.15, -0.1) is 0 Å². The average molecular weight is 868 g/mol. The van der Waals surface area contributed by atoms with Crippen LogP contribution in [0.15, 0.2) is 60.8 Å². The van der Waals surface area contributed by atoms with Gasteiger partial charge in [0.15, 0.2) is 0 Å². The first kappa shape index (κ1) is 59.6. The zero-order valence-electron chi connectivity index (χ0n) is 41.0. The van der Waals surface area contributed by atoms with Gasteiger partial charge in [0.25, 0.3) is 0 Å². The Kier molecular flexibility index (Phi) is 47.6. The highest BCUT2D eigenvalue weighted by Crippen LogP contribution is 2.17. The Hall–Kier alpha value is -2.44. The smallest absolute Gasteiger partial charge is 0.306 e. The number of ether oxygens (including phenoxy) is 1. The number of hydrogen-bond donors (Lipinski definition) is 3. The largest absolute Gasteiger partial charge is 0.462 e. The predicted molar refractivity (Wildman–Crippen MR) is 268 cm³/mol. The van der Waals surface area contributed by atoms with Crippen molar-refractivity contribution in [3.63, 3.8) is 0 Å². The van der Waals surface area contributed by atoms with Gasteiger partial charge in [0, 0.05) is 6.42 Å². The lowest BCUT2D eigenvalue weighted by molar-refractivity contribution is -0.151. The van der Waals surface area contributed by atoms with E-state index in [-0.39, 0.29) is 24.9 Å². The first-order chi connectivity index (χ1) is 30.5. The standard InChI is InChI=1S/C56H101NO5/c1-4-7-10-13-16-19-21-23-25-26-27-28-30-32-34-37-40-43-46-49-56(61)62-52(47-44-41-38-35-18-15-12-9-6-3)50-55(60)57-53(51-58)54(59)48-45-42-39-36-33-31-29-24-22-20-17-14-11-8-5-2/h15-16,18-19,23,25,27-28,32,34,52-54,58-59H,4-14,17,20-22,24,26,29-31,33,35-51H2,1-3H3,(H,57,60)/b18-15-,19-16-,25-23-,28-27-,34-32-. The lowest BCUT2D eigenvalue weighted by Gasteiger charge is -2.24. The van der Waals surface area contributed by atoms with Gasteiger partial charge < -0.3 is 20.3 Å². The van der Waals surface area contributed by atoms with E-state index in [9.17, 15) is 19.8 Å². The fourth-order valence-electron chi connectivity index (χ4n) is 7.75. The number of nitrogens with one attached hydrogen (secondary N) is 1. The molecule has 0 aliphatic rings. The molecule has 6 nitrogen and oxygen atoms in total. The molecule has 0 spiro atoms. The number of hydrogen-bond acceptors (Lipinski definition) is 5. The second kappa shape index (κ2) is 49.6. The van der Waals surface area contributed by atoms with Crippen LogP contribution in [0.5, 0.6) is 0 Å². The molecular weight excluding hydrogens is 767 g/mol. The number of aliphatic hydroxyl groups excluding tert-OH is 2. The monoisotopic (exact) mass is 868 g/mol. The van der Waals surface area contributed by atoms with Gasteiger partial charge in [-0.2, -0.15) is 0 Å². The summed E-state index contributed by atoms with van der Waals surface area (Å²) in [7, 11) is 0. The van der Waals surface area contributed by atoms with Crippen molar-refractivity contribution in [2.75, 3.05) is 6.61 Å². The van der Waals surface area contributed by atoms with Crippen LogP contribution in [0.25, 0.3) is 0 Å². The fourth-order valence-corrected chi connectivity index (χ4v) is 7.75. The lowest BCUT2D eigenvalue weighted by atomic mass is 10.0. The van der Waals surface area contributed by atoms with E-state index in [2.05, 4.69) is 86.8 Å². The number of aliphatic hydroxyl groups is 2. The van der Waals surface area contributed by atoms with Crippen LogP contribution >= 0.6 is 0 Å². The van der Waals surface area contributed by atoms with Gasteiger partial charge in [-0.1, -0.05) is 216 Å². The highest BCUT2D eigenvalue weighted by atomic mass is 16.5. The lowest BCUT2D eigenvalue weighted by Crippen LogP contribution is -2.46. The molecular formula is C56H101NO5. The van der Waals surface area contributed by atoms with Crippen LogP contribution in [-0.2, 0) is 14.3 Å². The van der Waals surface area contributed by atoms with E-state index in [1.54, 1.807) is 0 Å². The Bertz CT molecular complexity index is 1110.